The summed E-state index contributed by atoms with van der Waals surface area (Å²) in [6, 6.07) is 10.3. The van der Waals surface area contributed by atoms with E-state index in [0.29, 0.717) is 5.69 Å². The maximum absolute atomic E-state index is 12.4. The van der Waals surface area contributed by atoms with Gasteiger partial charge in [-0.3, -0.25) is 4.98 Å². The molecule has 7 heteroatoms. The SMILES string of the molecule is Cc1ccc(S(=O)(=O)Cc2nc(-c3ccc(C)cn3)no2)cc1. The number of rotatable bonds is 4. The summed E-state index contributed by atoms with van der Waals surface area (Å²) in [5.74, 6) is -0.0170. The van der Waals surface area contributed by atoms with Gasteiger partial charge in [0.1, 0.15) is 11.4 Å². The zero-order valence-electron chi connectivity index (χ0n) is 12.7. The van der Waals surface area contributed by atoms with E-state index in [-0.39, 0.29) is 22.4 Å². The Balaban J connectivity index is 1.83. The van der Waals surface area contributed by atoms with Gasteiger partial charge in [0.25, 0.3) is 0 Å². The molecule has 0 aliphatic carbocycles. The van der Waals surface area contributed by atoms with Crippen LogP contribution in [-0.4, -0.2) is 23.5 Å². The van der Waals surface area contributed by atoms with Crippen LogP contribution in [0.15, 0.2) is 52.0 Å². The van der Waals surface area contributed by atoms with Gasteiger partial charge in [-0.1, -0.05) is 28.9 Å². The van der Waals surface area contributed by atoms with Gasteiger partial charge in [-0.15, -0.1) is 0 Å². The number of sulfone groups is 1. The number of pyridine rings is 1. The number of aryl methyl sites for hydroxylation is 2. The Labute approximate surface area is 134 Å². The highest BCUT2D eigenvalue weighted by Gasteiger charge is 2.20. The molecule has 0 spiro atoms. The van der Waals surface area contributed by atoms with Crippen molar-refractivity contribution in [1.29, 1.82) is 0 Å². The van der Waals surface area contributed by atoms with E-state index in [9.17, 15) is 8.42 Å². The molecular weight excluding hydrogens is 314 g/mol. The Morgan fingerprint density at radius 1 is 1.00 bits per heavy atom. The molecule has 0 aliphatic rings. The predicted molar refractivity (Wildman–Crippen MR) is 84.3 cm³/mol. The molecule has 2 heterocycles. The zero-order chi connectivity index (χ0) is 16.4. The summed E-state index contributed by atoms with van der Waals surface area (Å²) in [6.45, 7) is 3.82. The van der Waals surface area contributed by atoms with Crippen LogP contribution in [0.25, 0.3) is 11.5 Å². The third kappa shape index (κ3) is 3.45. The molecule has 0 bridgehead atoms. The summed E-state index contributed by atoms with van der Waals surface area (Å²) in [6.07, 6.45) is 1.69. The molecule has 3 rings (SSSR count). The van der Waals surface area contributed by atoms with Crippen molar-refractivity contribution in [1.82, 2.24) is 15.1 Å². The summed E-state index contributed by atoms with van der Waals surface area (Å²) >= 11 is 0. The number of aromatic nitrogens is 3. The van der Waals surface area contributed by atoms with Gasteiger partial charge in [0.15, 0.2) is 9.84 Å². The van der Waals surface area contributed by atoms with Crippen molar-refractivity contribution in [3.05, 3.63) is 59.6 Å². The van der Waals surface area contributed by atoms with Crippen molar-refractivity contribution in [3.63, 3.8) is 0 Å². The molecule has 23 heavy (non-hydrogen) atoms. The third-order valence-corrected chi connectivity index (χ3v) is 4.92. The third-order valence-electron chi connectivity index (χ3n) is 3.30. The Morgan fingerprint density at radius 3 is 2.35 bits per heavy atom. The minimum Gasteiger partial charge on any atom is -0.338 e. The van der Waals surface area contributed by atoms with Crippen molar-refractivity contribution in [2.75, 3.05) is 0 Å². The van der Waals surface area contributed by atoms with Gasteiger partial charge in [-0.25, -0.2) is 8.42 Å². The lowest BCUT2D eigenvalue weighted by molar-refractivity contribution is 0.389. The molecule has 0 amide bonds. The first-order valence-electron chi connectivity index (χ1n) is 6.99. The molecule has 6 nitrogen and oxygen atoms in total. The van der Waals surface area contributed by atoms with E-state index in [1.54, 1.807) is 36.5 Å². The van der Waals surface area contributed by atoms with Crippen LogP contribution in [0.5, 0.6) is 0 Å². The summed E-state index contributed by atoms with van der Waals surface area (Å²) in [5, 5.41) is 3.80. The summed E-state index contributed by atoms with van der Waals surface area (Å²) < 4.78 is 29.8. The number of nitrogens with zero attached hydrogens (tertiary/aromatic N) is 3. The van der Waals surface area contributed by atoms with E-state index in [2.05, 4.69) is 15.1 Å². The molecule has 0 saturated heterocycles. The Morgan fingerprint density at radius 2 is 1.70 bits per heavy atom. The van der Waals surface area contributed by atoms with E-state index in [4.69, 9.17) is 4.52 Å². The molecule has 1 aromatic carbocycles. The van der Waals surface area contributed by atoms with Crippen LogP contribution in [0.3, 0.4) is 0 Å². The number of hydrogen-bond acceptors (Lipinski definition) is 6. The Kier molecular flexibility index (Phi) is 3.96. The molecule has 0 atom stereocenters. The van der Waals surface area contributed by atoms with E-state index >= 15 is 0 Å². The van der Waals surface area contributed by atoms with Gasteiger partial charge in [-0.05, 0) is 37.6 Å². The van der Waals surface area contributed by atoms with Crippen molar-refractivity contribution in [2.24, 2.45) is 0 Å². The Bertz CT molecular complexity index is 914. The maximum atomic E-state index is 12.4. The lowest BCUT2D eigenvalue weighted by atomic mass is 10.2. The Hall–Kier alpha value is -2.54. The topological polar surface area (TPSA) is 86.0 Å². The standard InChI is InChI=1S/C16H15N3O3S/c1-11-3-6-13(7-4-11)23(20,21)10-15-18-16(19-22-15)14-8-5-12(2)9-17-14/h3-9H,10H2,1-2H3. The van der Waals surface area contributed by atoms with E-state index in [1.807, 2.05) is 19.9 Å². The van der Waals surface area contributed by atoms with Crippen molar-refractivity contribution in [3.8, 4) is 11.5 Å². The van der Waals surface area contributed by atoms with E-state index < -0.39 is 9.84 Å². The van der Waals surface area contributed by atoms with Crippen LogP contribution in [0.4, 0.5) is 0 Å². The van der Waals surface area contributed by atoms with Crippen LogP contribution in [0.1, 0.15) is 17.0 Å². The quantitative estimate of drug-likeness (QED) is 0.731. The lowest BCUT2D eigenvalue weighted by Gasteiger charge is -2.01. The van der Waals surface area contributed by atoms with Crippen LogP contribution in [0.2, 0.25) is 0 Å². The molecule has 0 aliphatic heterocycles. The molecule has 0 fully saturated rings. The van der Waals surface area contributed by atoms with E-state index in [0.717, 1.165) is 11.1 Å². The molecule has 0 saturated carbocycles. The second-order valence-corrected chi connectivity index (χ2v) is 7.29. The van der Waals surface area contributed by atoms with Gasteiger partial charge in [0, 0.05) is 6.20 Å². The summed E-state index contributed by atoms with van der Waals surface area (Å²) in [7, 11) is -3.52. The fraction of sp³-hybridized carbons (Fsp3) is 0.188. The first-order chi connectivity index (χ1) is 10.9. The van der Waals surface area contributed by atoms with Gasteiger partial charge >= 0.3 is 0 Å². The molecule has 118 valence electrons. The molecular formula is C16H15N3O3S. The van der Waals surface area contributed by atoms with Crippen LogP contribution < -0.4 is 0 Å². The zero-order valence-corrected chi connectivity index (χ0v) is 13.5. The average molecular weight is 329 g/mol. The van der Waals surface area contributed by atoms with E-state index in [1.165, 1.54) is 0 Å². The molecule has 0 N–H and O–H groups in total. The molecule has 2 aromatic heterocycles. The highest BCUT2D eigenvalue weighted by Crippen LogP contribution is 2.18. The number of hydrogen-bond donors (Lipinski definition) is 0. The highest BCUT2D eigenvalue weighted by molar-refractivity contribution is 7.90. The maximum Gasteiger partial charge on any atom is 0.242 e. The van der Waals surface area contributed by atoms with Crippen molar-refractivity contribution in [2.45, 2.75) is 24.5 Å². The fourth-order valence-electron chi connectivity index (χ4n) is 2.01. The molecule has 0 unspecified atom stereocenters. The first-order valence-corrected chi connectivity index (χ1v) is 8.64. The van der Waals surface area contributed by atoms with Gasteiger partial charge in [-0.2, -0.15) is 4.98 Å². The fourth-order valence-corrected chi connectivity index (χ4v) is 3.17. The predicted octanol–water partition coefficient (Wildman–Crippen LogP) is 2.72. The largest absolute Gasteiger partial charge is 0.338 e. The lowest BCUT2D eigenvalue weighted by Crippen LogP contribution is -2.05. The summed E-state index contributed by atoms with van der Waals surface area (Å²) in [5.41, 5.74) is 2.55. The van der Waals surface area contributed by atoms with Crippen LogP contribution in [0, 0.1) is 13.8 Å². The minimum atomic E-state index is -3.52. The first kappa shape index (κ1) is 15.4. The highest BCUT2D eigenvalue weighted by atomic mass is 32.2. The van der Waals surface area contributed by atoms with Gasteiger partial charge in [0.2, 0.25) is 11.7 Å². The van der Waals surface area contributed by atoms with Crippen molar-refractivity contribution < 1.29 is 12.9 Å². The van der Waals surface area contributed by atoms with Crippen LogP contribution >= 0.6 is 0 Å². The normalized spacial score (nSPS) is 11.6. The average Bonchev–Trinajstić information content (AvgIpc) is 2.96. The second kappa shape index (κ2) is 5.92. The molecule has 3 aromatic rings. The number of benzene rings is 1. The van der Waals surface area contributed by atoms with Gasteiger partial charge in [0.05, 0.1) is 4.90 Å². The monoisotopic (exact) mass is 329 g/mol. The van der Waals surface area contributed by atoms with Crippen LogP contribution in [-0.2, 0) is 15.6 Å². The minimum absolute atomic E-state index is 0.0444. The smallest absolute Gasteiger partial charge is 0.242 e. The summed E-state index contributed by atoms with van der Waals surface area (Å²) in [4.78, 5) is 8.54. The van der Waals surface area contributed by atoms with Crippen molar-refractivity contribution >= 4 is 9.84 Å². The second-order valence-electron chi connectivity index (χ2n) is 5.30. The molecule has 0 radical (unpaired) electrons. The van der Waals surface area contributed by atoms with Gasteiger partial charge < -0.3 is 4.52 Å².